The van der Waals surface area contributed by atoms with Gasteiger partial charge in [0.1, 0.15) is 5.56 Å². The van der Waals surface area contributed by atoms with E-state index in [0.29, 0.717) is 4.47 Å². The second kappa shape index (κ2) is 4.54. The lowest BCUT2D eigenvalue weighted by Gasteiger charge is -2.04. The van der Waals surface area contributed by atoms with E-state index in [-0.39, 0.29) is 17.3 Å². The third-order valence-electron chi connectivity index (χ3n) is 1.93. The summed E-state index contributed by atoms with van der Waals surface area (Å²) in [7, 11) is 0. The second-order valence-corrected chi connectivity index (χ2v) is 4.22. The summed E-state index contributed by atoms with van der Waals surface area (Å²) in [4.78, 5) is 14.9. The molecule has 6 nitrogen and oxygen atoms in total. The molecular formula is C10H8BrN3O3. The van der Waals surface area contributed by atoms with Crippen molar-refractivity contribution in [3.8, 4) is 11.8 Å². The van der Waals surface area contributed by atoms with Gasteiger partial charge in [0.15, 0.2) is 0 Å². The Labute approximate surface area is 105 Å². The fraction of sp³-hybridized carbons (Fsp3) is 0.100. The van der Waals surface area contributed by atoms with Gasteiger partial charge in [-0.15, -0.1) is 5.10 Å². The molecule has 0 atom stereocenters. The number of carboxylic acid groups (broad SMARTS) is 1. The summed E-state index contributed by atoms with van der Waals surface area (Å²) in [6.07, 6.45) is 1.46. The first-order chi connectivity index (χ1) is 8.06. The Morgan fingerprint density at radius 2 is 2.29 bits per heavy atom. The SMILES string of the molecule is Cc1cc(Oc2ncc(Br)cc2C(=O)O)n[nH]1. The number of halogens is 1. The lowest BCUT2D eigenvalue weighted by Crippen LogP contribution is -2.02. The number of ether oxygens (including phenoxy) is 1. The Kier molecular flexibility index (Phi) is 3.10. The smallest absolute Gasteiger partial charge is 0.341 e. The van der Waals surface area contributed by atoms with Crippen LogP contribution in [-0.4, -0.2) is 26.3 Å². The lowest BCUT2D eigenvalue weighted by molar-refractivity contribution is 0.0693. The fourth-order valence-electron chi connectivity index (χ4n) is 1.21. The van der Waals surface area contributed by atoms with Crippen molar-refractivity contribution in [2.45, 2.75) is 6.92 Å². The quantitative estimate of drug-likeness (QED) is 0.908. The highest BCUT2D eigenvalue weighted by Gasteiger charge is 2.15. The van der Waals surface area contributed by atoms with Crippen LogP contribution in [0.25, 0.3) is 0 Å². The van der Waals surface area contributed by atoms with Gasteiger partial charge in [0.25, 0.3) is 0 Å². The van der Waals surface area contributed by atoms with E-state index in [4.69, 9.17) is 9.84 Å². The van der Waals surface area contributed by atoms with Gasteiger partial charge < -0.3 is 9.84 Å². The van der Waals surface area contributed by atoms with Crippen LogP contribution in [-0.2, 0) is 0 Å². The van der Waals surface area contributed by atoms with Crippen molar-refractivity contribution in [2.75, 3.05) is 0 Å². The number of aromatic amines is 1. The molecule has 0 spiro atoms. The highest BCUT2D eigenvalue weighted by molar-refractivity contribution is 9.10. The predicted octanol–water partition coefficient (Wildman–Crippen LogP) is 2.37. The van der Waals surface area contributed by atoms with Crippen molar-refractivity contribution in [2.24, 2.45) is 0 Å². The average Bonchev–Trinajstić information content (AvgIpc) is 2.66. The van der Waals surface area contributed by atoms with Gasteiger partial charge in [0, 0.05) is 22.4 Å². The predicted molar refractivity (Wildman–Crippen MR) is 62.3 cm³/mol. The number of pyridine rings is 1. The Hall–Kier alpha value is -1.89. The number of carboxylic acids is 1. The first-order valence-corrected chi connectivity index (χ1v) is 5.44. The molecule has 17 heavy (non-hydrogen) atoms. The van der Waals surface area contributed by atoms with Crippen LogP contribution in [0.5, 0.6) is 11.8 Å². The van der Waals surface area contributed by atoms with Gasteiger partial charge in [-0.1, -0.05) is 0 Å². The van der Waals surface area contributed by atoms with Crippen molar-refractivity contribution in [3.05, 3.63) is 34.1 Å². The number of H-pyrrole nitrogens is 1. The monoisotopic (exact) mass is 297 g/mol. The minimum absolute atomic E-state index is 0.00667. The molecule has 7 heteroatoms. The molecule has 2 aromatic rings. The highest BCUT2D eigenvalue weighted by atomic mass is 79.9. The molecule has 0 fully saturated rings. The minimum Gasteiger partial charge on any atom is -0.477 e. The van der Waals surface area contributed by atoms with Crippen LogP contribution in [0.15, 0.2) is 22.8 Å². The third-order valence-corrected chi connectivity index (χ3v) is 2.37. The summed E-state index contributed by atoms with van der Waals surface area (Å²) in [5.41, 5.74) is 0.786. The molecule has 2 heterocycles. The molecule has 0 unspecified atom stereocenters. The standard InChI is InChI=1S/C10H8BrN3O3/c1-5-2-8(14-13-5)17-9-7(10(15)16)3-6(11)4-12-9/h2-4H,1H3,(H,13,14)(H,15,16). The molecule has 88 valence electrons. The van der Waals surface area contributed by atoms with Gasteiger partial charge in [0.2, 0.25) is 11.8 Å². The van der Waals surface area contributed by atoms with Gasteiger partial charge in [-0.2, -0.15) is 0 Å². The molecule has 2 aromatic heterocycles. The third kappa shape index (κ3) is 2.62. The fourth-order valence-corrected chi connectivity index (χ4v) is 1.54. The van der Waals surface area contributed by atoms with Crippen molar-refractivity contribution in [3.63, 3.8) is 0 Å². The molecule has 0 aliphatic rings. The topological polar surface area (TPSA) is 88.1 Å². The number of aryl methyl sites for hydroxylation is 1. The van der Waals surface area contributed by atoms with E-state index in [1.807, 2.05) is 6.92 Å². The Bertz CT molecular complexity index is 568. The minimum atomic E-state index is -1.11. The van der Waals surface area contributed by atoms with E-state index in [9.17, 15) is 4.79 Å². The van der Waals surface area contributed by atoms with Gasteiger partial charge in [-0.3, -0.25) is 5.10 Å². The first kappa shape index (κ1) is 11.6. The van der Waals surface area contributed by atoms with E-state index >= 15 is 0 Å². The zero-order chi connectivity index (χ0) is 12.4. The van der Waals surface area contributed by atoms with Crippen LogP contribution >= 0.6 is 15.9 Å². The number of hydrogen-bond donors (Lipinski definition) is 2. The molecule has 0 aliphatic heterocycles. The van der Waals surface area contributed by atoms with Crippen LogP contribution in [0, 0.1) is 6.92 Å². The molecule has 0 radical (unpaired) electrons. The van der Waals surface area contributed by atoms with Gasteiger partial charge in [0.05, 0.1) is 0 Å². The molecule has 0 aromatic carbocycles. The van der Waals surface area contributed by atoms with Crippen LogP contribution in [0.1, 0.15) is 16.1 Å². The zero-order valence-corrected chi connectivity index (χ0v) is 10.4. The maximum Gasteiger partial charge on any atom is 0.341 e. The summed E-state index contributed by atoms with van der Waals surface area (Å²) in [6, 6.07) is 3.07. The van der Waals surface area contributed by atoms with E-state index < -0.39 is 5.97 Å². The number of carbonyl (C=O) groups is 1. The normalized spacial score (nSPS) is 10.2. The molecule has 0 saturated heterocycles. The lowest BCUT2D eigenvalue weighted by atomic mass is 10.3. The van der Waals surface area contributed by atoms with Crippen molar-refractivity contribution in [1.29, 1.82) is 0 Å². The van der Waals surface area contributed by atoms with E-state index in [1.165, 1.54) is 12.3 Å². The number of hydrogen-bond acceptors (Lipinski definition) is 4. The van der Waals surface area contributed by atoms with E-state index in [0.717, 1.165) is 5.69 Å². The van der Waals surface area contributed by atoms with Crippen LogP contribution < -0.4 is 4.74 Å². The molecule has 0 amide bonds. The van der Waals surface area contributed by atoms with Crippen LogP contribution in [0.2, 0.25) is 0 Å². The van der Waals surface area contributed by atoms with Crippen LogP contribution in [0.4, 0.5) is 0 Å². The van der Waals surface area contributed by atoms with Crippen LogP contribution in [0.3, 0.4) is 0 Å². The highest BCUT2D eigenvalue weighted by Crippen LogP contribution is 2.24. The number of aromatic nitrogens is 3. The largest absolute Gasteiger partial charge is 0.477 e. The molecular weight excluding hydrogens is 290 g/mol. The Morgan fingerprint density at radius 3 is 2.88 bits per heavy atom. The van der Waals surface area contributed by atoms with Crippen molar-refractivity contribution in [1.82, 2.24) is 15.2 Å². The number of rotatable bonds is 3. The van der Waals surface area contributed by atoms with Gasteiger partial charge >= 0.3 is 5.97 Å². The molecule has 2 rings (SSSR count). The van der Waals surface area contributed by atoms with Crippen molar-refractivity contribution < 1.29 is 14.6 Å². The van der Waals surface area contributed by atoms with E-state index in [1.54, 1.807) is 6.07 Å². The Balaban J connectivity index is 2.35. The maximum absolute atomic E-state index is 11.0. The van der Waals surface area contributed by atoms with Gasteiger partial charge in [-0.25, -0.2) is 9.78 Å². The van der Waals surface area contributed by atoms with Crippen molar-refractivity contribution >= 4 is 21.9 Å². The second-order valence-electron chi connectivity index (χ2n) is 3.30. The molecule has 0 saturated carbocycles. The number of nitrogens with zero attached hydrogens (tertiary/aromatic N) is 2. The molecule has 2 N–H and O–H groups in total. The summed E-state index contributed by atoms with van der Waals surface area (Å²) in [5.74, 6) is -0.826. The summed E-state index contributed by atoms with van der Waals surface area (Å²) < 4.78 is 5.86. The summed E-state index contributed by atoms with van der Waals surface area (Å²) in [5, 5.41) is 15.5. The molecule has 0 aliphatic carbocycles. The van der Waals surface area contributed by atoms with E-state index in [2.05, 4.69) is 31.1 Å². The maximum atomic E-state index is 11.0. The Morgan fingerprint density at radius 1 is 1.53 bits per heavy atom. The van der Waals surface area contributed by atoms with Gasteiger partial charge in [-0.05, 0) is 28.9 Å². The number of nitrogens with one attached hydrogen (secondary N) is 1. The number of aromatic carboxylic acids is 1. The molecule has 0 bridgehead atoms. The zero-order valence-electron chi connectivity index (χ0n) is 8.77. The summed E-state index contributed by atoms with van der Waals surface area (Å²) in [6.45, 7) is 1.81. The first-order valence-electron chi connectivity index (χ1n) is 4.65. The average molecular weight is 298 g/mol. The summed E-state index contributed by atoms with van der Waals surface area (Å²) >= 11 is 3.15.